The average Bonchev–Trinajstić information content (AvgIpc) is 2.71. The number of amides is 4. The molecule has 0 spiro atoms. The van der Waals surface area contributed by atoms with Crippen LogP contribution in [0.1, 0.15) is 39.0 Å². The quantitative estimate of drug-likeness (QED) is 0.0568. The number of nitrogens with one attached hydrogen (secondary N) is 3. The zero-order valence-electron chi connectivity index (χ0n) is 18.7. The van der Waals surface area contributed by atoms with Gasteiger partial charge in [0, 0.05) is 13.0 Å². The summed E-state index contributed by atoms with van der Waals surface area (Å²) in [5.74, 6) is -6.30. The summed E-state index contributed by atoms with van der Waals surface area (Å²) in [5, 5.41) is 24.7. The molecular weight excluding hydrogens is 456 g/mol. The molecule has 0 rings (SSSR count). The molecule has 16 heteroatoms. The monoisotopic (exact) mass is 488 g/mol. The summed E-state index contributed by atoms with van der Waals surface area (Å²) < 4.78 is 0. The van der Waals surface area contributed by atoms with Gasteiger partial charge < -0.3 is 49.1 Å². The van der Waals surface area contributed by atoms with Gasteiger partial charge in [0.25, 0.3) is 0 Å². The molecule has 34 heavy (non-hydrogen) atoms. The fourth-order valence-electron chi connectivity index (χ4n) is 2.55. The van der Waals surface area contributed by atoms with Gasteiger partial charge in [-0.05, 0) is 26.2 Å². The lowest BCUT2D eigenvalue weighted by Crippen LogP contribution is -2.57. The Morgan fingerprint density at radius 2 is 1.38 bits per heavy atom. The Bertz CT molecular complexity index is 799. The Balaban J connectivity index is 5.52. The van der Waals surface area contributed by atoms with Crippen molar-refractivity contribution in [1.82, 2.24) is 16.0 Å². The Kier molecular flexibility index (Phi) is 13.2. The molecule has 4 unspecified atom stereocenters. The van der Waals surface area contributed by atoms with E-state index in [2.05, 4.69) is 20.9 Å². The molecule has 0 aromatic rings. The summed E-state index contributed by atoms with van der Waals surface area (Å²) in [4.78, 5) is 74.2. The third-order valence-electron chi connectivity index (χ3n) is 4.35. The second kappa shape index (κ2) is 15.0. The van der Waals surface area contributed by atoms with Gasteiger partial charge in [-0.1, -0.05) is 0 Å². The number of nitrogens with two attached hydrogens (primary N) is 4. The third kappa shape index (κ3) is 12.8. The molecular formula is C18H32N8O8. The Hall–Kier alpha value is -3.95. The smallest absolute Gasteiger partial charge is 0.325 e. The molecule has 0 aliphatic carbocycles. The number of carboxylic acids is 2. The molecule has 0 aromatic carbocycles. The third-order valence-corrected chi connectivity index (χ3v) is 4.35. The average molecular weight is 489 g/mol. The molecule has 0 aromatic heterocycles. The van der Waals surface area contributed by atoms with Gasteiger partial charge in [-0.15, -0.1) is 0 Å². The highest BCUT2D eigenvalue weighted by Gasteiger charge is 2.29. The lowest BCUT2D eigenvalue weighted by atomic mass is 10.1. The predicted octanol–water partition coefficient (Wildman–Crippen LogP) is -4.33. The SMILES string of the molecule is CC(NC(=O)C(CCCN=C(N)N)NC(=O)C(CCC(=O)O)NC(=O)C(N)CC(N)=O)C(=O)O. The standard InChI is InChI=1S/C18H32N8O8/c1-8(17(33)34)24-15(31)10(3-2-6-23-18(21)22)26-16(32)11(4-5-13(28)29)25-14(30)9(19)7-12(20)27/h8-11H,2-7,19H2,1H3,(H2,20,27)(H,24,31)(H,25,30)(H,26,32)(H,28,29)(H,33,34)(H4,21,22,23). The van der Waals surface area contributed by atoms with Gasteiger partial charge in [-0.3, -0.25) is 33.8 Å². The van der Waals surface area contributed by atoms with Gasteiger partial charge in [0.15, 0.2) is 5.96 Å². The van der Waals surface area contributed by atoms with Crippen LogP contribution in [0, 0.1) is 0 Å². The van der Waals surface area contributed by atoms with E-state index >= 15 is 0 Å². The zero-order chi connectivity index (χ0) is 26.4. The maximum Gasteiger partial charge on any atom is 0.325 e. The summed E-state index contributed by atoms with van der Waals surface area (Å²) >= 11 is 0. The number of guanidine groups is 1. The second-order valence-corrected chi connectivity index (χ2v) is 7.35. The van der Waals surface area contributed by atoms with E-state index < -0.39 is 72.6 Å². The van der Waals surface area contributed by atoms with Crippen molar-refractivity contribution < 1.29 is 39.0 Å². The molecule has 4 amide bonds. The number of aliphatic imine (C=N–C) groups is 1. The fourth-order valence-corrected chi connectivity index (χ4v) is 2.55. The molecule has 0 heterocycles. The summed E-state index contributed by atoms with van der Waals surface area (Å²) in [7, 11) is 0. The van der Waals surface area contributed by atoms with E-state index in [1.165, 1.54) is 6.92 Å². The largest absolute Gasteiger partial charge is 0.481 e. The maximum atomic E-state index is 12.8. The van der Waals surface area contributed by atoms with Crippen molar-refractivity contribution in [2.45, 2.75) is 63.2 Å². The van der Waals surface area contributed by atoms with Crippen LogP contribution in [-0.4, -0.2) is 82.5 Å². The van der Waals surface area contributed by atoms with Crippen LogP contribution in [0.25, 0.3) is 0 Å². The van der Waals surface area contributed by atoms with Crippen LogP contribution >= 0.6 is 0 Å². The number of nitrogens with zero attached hydrogens (tertiary/aromatic N) is 1. The number of hydrogen-bond donors (Lipinski definition) is 9. The number of carbonyl (C=O) groups excluding carboxylic acids is 4. The van der Waals surface area contributed by atoms with Crippen molar-refractivity contribution in [3.05, 3.63) is 0 Å². The van der Waals surface area contributed by atoms with Crippen LogP contribution in [0.15, 0.2) is 4.99 Å². The highest BCUT2D eigenvalue weighted by atomic mass is 16.4. The van der Waals surface area contributed by atoms with Gasteiger partial charge in [-0.25, -0.2) is 0 Å². The van der Waals surface area contributed by atoms with Crippen molar-refractivity contribution >= 4 is 41.5 Å². The minimum absolute atomic E-state index is 0.0124. The van der Waals surface area contributed by atoms with E-state index in [0.717, 1.165) is 0 Å². The predicted molar refractivity (Wildman–Crippen MR) is 118 cm³/mol. The van der Waals surface area contributed by atoms with Gasteiger partial charge in [0.1, 0.15) is 18.1 Å². The van der Waals surface area contributed by atoms with Gasteiger partial charge in [-0.2, -0.15) is 0 Å². The first-order valence-electron chi connectivity index (χ1n) is 10.2. The molecule has 16 nitrogen and oxygen atoms in total. The first kappa shape index (κ1) is 30.1. The van der Waals surface area contributed by atoms with Crippen LogP contribution < -0.4 is 38.9 Å². The van der Waals surface area contributed by atoms with Crippen molar-refractivity contribution in [2.24, 2.45) is 27.9 Å². The van der Waals surface area contributed by atoms with Gasteiger partial charge in [0.2, 0.25) is 23.6 Å². The Morgan fingerprint density at radius 1 is 0.853 bits per heavy atom. The van der Waals surface area contributed by atoms with Crippen molar-refractivity contribution in [3.63, 3.8) is 0 Å². The van der Waals surface area contributed by atoms with Crippen LogP contribution in [0.2, 0.25) is 0 Å². The van der Waals surface area contributed by atoms with E-state index in [-0.39, 0.29) is 31.8 Å². The molecule has 192 valence electrons. The number of hydrogen-bond acceptors (Lipinski definition) is 8. The molecule has 0 saturated heterocycles. The van der Waals surface area contributed by atoms with E-state index in [9.17, 15) is 28.8 Å². The normalized spacial score (nSPS) is 13.9. The molecule has 4 atom stereocenters. The summed E-state index contributed by atoms with van der Waals surface area (Å²) in [5.41, 5.74) is 21.0. The second-order valence-electron chi connectivity index (χ2n) is 7.35. The van der Waals surface area contributed by atoms with Crippen LogP contribution in [-0.2, 0) is 28.8 Å². The molecule has 0 aliphatic rings. The summed E-state index contributed by atoms with van der Waals surface area (Å²) in [6, 6.07) is -5.33. The number of carbonyl (C=O) groups is 6. The Labute approximate surface area is 194 Å². The van der Waals surface area contributed by atoms with Crippen molar-refractivity contribution in [2.75, 3.05) is 6.54 Å². The molecule has 0 bridgehead atoms. The van der Waals surface area contributed by atoms with Crippen LogP contribution in [0.5, 0.6) is 0 Å². The fraction of sp³-hybridized carbons (Fsp3) is 0.611. The molecule has 0 saturated carbocycles. The molecule has 0 radical (unpaired) electrons. The summed E-state index contributed by atoms with van der Waals surface area (Å²) in [6.07, 6.45) is -1.18. The number of carboxylic acid groups (broad SMARTS) is 2. The van der Waals surface area contributed by atoms with Crippen molar-refractivity contribution in [3.8, 4) is 0 Å². The highest BCUT2D eigenvalue weighted by Crippen LogP contribution is 2.05. The lowest BCUT2D eigenvalue weighted by Gasteiger charge is -2.24. The number of rotatable bonds is 16. The zero-order valence-corrected chi connectivity index (χ0v) is 18.7. The minimum Gasteiger partial charge on any atom is -0.481 e. The van der Waals surface area contributed by atoms with Gasteiger partial charge >= 0.3 is 11.9 Å². The van der Waals surface area contributed by atoms with E-state index in [4.69, 9.17) is 33.1 Å². The van der Waals surface area contributed by atoms with E-state index in [1.54, 1.807) is 0 Å². The van der Waals surface area contributed by atoms with Crippen molar-refractivity contribution in [1.29, 1.82) is 0 Å². The number of primary amides is 1. The first-order valence-corrected chi connectivity index (χ1v) is 10.2. The Morgan fingerprint density at radius 3 is 1.88 bits per heavy atom. The highest BCUT2D eigenvalue weighted by molar-refractivity contribution is 5.95. The van der Waals surface area contributed by atoms with E-state index in [0.29, 0.717) is 0 Å². The molecule has 0 fully saturated rings. The summed E-state index contributed by atoms with van der Waals surface area (Å²) in [6.45, 7) is 1.33. The lowest BCUT2D eigenvalue weighted by molar-refractivity contribution is -0.141. The topological polar surface area (TPSA) is 295 Å². The van der Waals surface area contributed by atoms with Gasteiger partial charge in [0.05, 0.1) is 12.5 Å². The molecule has 0 aliphatic heterocycles. The van der Waals surface area contributed by atoms with E-state index in [1.807, 2.05) is 0 Å². The number of aliphatic carboxylic acids is 2. The maximum absolute atomic E-state index is 12.8. The minimum atomic E-state index is -1.42. The molecule has 13 N–H and O–H groups in total. The van der Waals surface area contributed by atoms with Crippen LogP contribution in [0.4, 0.5) is 0 Å². The first-order chi connectivity index (χ1) is 15.7. The van der Waals surface area contributed by atoms with Crippen LogP contribution in [0.3, 0.4) is 0 Å².